The summed E-state index contributed by atoms with van der Waals surface area (Å²) in [6.45, 7) is 2.07. The molecular weight excluding hydrogens is 386 g/mol. The normalized spacial score (nSPS) is 16.4. The molecule has 9 heteroatoms. The van der Waals surface area contributed by atoms with E-state index in [9.17, 15) is 10.1 Å². The summed E-state index contributed by atoms with van der Waals surface area (Å²) in [5.41, 5.74) is 5.19. The largest absolute Gasteiger partial charge is 0.269 e. The Hall–Kier alpha value is -2.84. The number of nitrogens with zero attached hydrogens (tertiary/aromatic N) is 5. The lowest BCUT2D eigenvalue weighted by Gasteiger charge is -2.21. The van der Waals surface area contributed by atoms with Crippen LogP contribution in [0.2, 0.25) is 5.02 Å². The van der Waals surface area contributed by atoms with Crippen molar-refractivity contribution < 1.29 is 4.92 Å². The summed E-state index contributed by atoms with van der Waals surface area (Å²) < 4.78 is 0. The van der Waals surface area contributed by atoms with Gasteiger partial charge in [-0.2, -0.15) is 5.10 Å². The van der Waals surface area contributed by atoms with Crippen molar-refractivity contribution in [1.82, 2.24) is 10.2 Å². The second-order valence-electron chi connectivity index (χ2n) is 6.17. The van der Waals surface area contributed by atoms with Crippen LogP contribution in [-0.2, 0) is 6.42 Å². The lowest BCUT2D eigenvalue weighted by molar-refractivity contribution is -0.384. The number of rotatable bonds is 3. The van der Waals surface area contributed by atoms with E-state index < -0.39 is 4.92 Å². The van der Waals surface area contributed by atoms with Gasteiger partial charge in [-0.3, -0.25) is 10.1 Å². The van der Waals surface area contributed by atoms with Gasteiger partial charge in [-0.15, -0.1) is 10.2 Å². The van der Waals surface area contributed by atoms with Crippen molar-refractivity contribution in [3.8, 4) is 0 Å². The van der Waals surface area contributed by atoms with E-state index in [1.165, 1.54) is 23.5 Å². The van der Waals surface area contributed by atoms with E-state index in [1.54, 1.807) is 17.6 Å². The Morgan fingerprint density at radius 1 is 1.26 bits per heavy atom. The quantitative estimate of drug-likeness (QED) is 0.484. The first-order valence-electron chi connectivity index (χ1n) is 8.20. The predicted molar refractivity (Wildman–Crippen MR) is 106 cm³/mol. The predicted octanol–water partition coefficient (Wildman–Crippen LogP) is 4.30. The number of fused-ring (bicyclic) bond motifs is 1. The van der Waals surface area contributed by atoms with Crippen LogP contribution in [0.15, 0.2) is 53.1 Å². The molecule has 2 aromatic carbocycles. The number of hydrogen-bond donors (Lipinski definition) is 0. The molecule has 1 aromatic heterocycles. The van der Waals surface area contributed by atoms with E-state index in [4.69, 9.17) is 16.7 Å². The highest BCUT2D eigenvalue weighted by molar-refractivity contribution is 7.13. The van der Waals surface area contributed by atoms with Gasteiger partial charge in [-0.1, -0.05) is 29.0 Å². The van der Waals surface area contributed by atoms with Crippen LogP contribution >= 0.6 is 22.9 Å². The monoisotopic (exact) mass is 399 g/mol. The first-order chi connectivity index (χ1) is 13.0. The van der Waals surface area contributed by atoms with Crippen LogP contribution in [0.1, 0.15) is 23.6 Å². The van der Waals surface area contributed by atoms with E-state index >= 15 is 0 Å². The van der Waals surface area contributed by atoms with E-state index in [-0.39, 0.29) is 11.7 Å². The molecule has 0 aliphatic carbocycles. The third kappa shape index (κ3) is 3.41. The Morgan fingerprint density at radius 3 is 2.70 bits per heavy atom. The Kier molecular flexibility index (Phi) is 4.59. The van der Waals surface area contributed by atoms with Gasteiger partial charge in [0.2, 0.25) is 5.13 Å². The first-order valence-corrected chi connectivity index (χ1v) is 9.46. The SMILES string of the molecule is CC1Cc2ccc(Cl)cc2C(c2ccc([N+](=O)[O-])cc2)=NN1c1nncs1. The van der Waals surface area contributed by atoms with E-state index in [1.807, 2.05) is 23.2 Å². The average molecular weight is 400 g/mol. The molecule has 1 aliphatic rings. The van der Waals surface area contributed by atoms with Gasteiger partial charge in [0, 0.05) is 28.3 Å². The van der Waals surface area contributed by atoms with Crippen LogP contribution in [0.4, 0.5) is 10.8 Å². The Morgan fingerprint density at radius 2 is 2.04 bits per heavy atom. The minimum absolute atomic E-state index is 0.0358. The van der Waals surface area contributed by atoms with Gasteiger partial charge < -0.3 is 0 Å². The topological polar surface area (TPSA) is 84.5 Å². The minimum Gasteiger partial charge on any atom is -0.258 e. The Labute approximate surface area is 164 Å². The molecule has 2 heterocycles. The van der Waals surface area contributed by atoms with Crippen molar-refractivity contribution in [2.75, 3.05) is 5.01 Å². The third-order valence-corrected chi connectivity index (χ3v) is 5.28. The molecule has 0 saturated carbocycles. The standard InChI is InChI=1S/C18H14ClN5O2S/c1-11-8-13-2-5-14(19)9-16(13)17(22-23(11)18-21-20-10-27-18)12-3-6-15(7-4-12)24(25)26/h2-7,9-11H,8H2,1H3. The van der Waals surface area contributed by atoms with Gasteiger partial charge in [0.05, 0.1) is 16.7 Å². The summed E-state index contributed by atoms with van der Waals surface area (Å²) in [6, 6.07) is 12.2. The second kappa shape index (κ2) is 7.05. The molecule has 0 radical (unpaired) electrons. The maximum absolute atomic E-state index is 11.0. The van der Waals surface area contributed by atoms with Crippen LogP contribution in [0.25, 0.3) is 0 Å². The number of aromatic nitrogens is 2. The van der Waals surface area contributed by atoms with Gasteiger partial charge in [-0.25, -0.2) is 5.01 Å². The number of nitro groups is 1. The average Bonchev–Trinajstić information content (AvgIpc) is 3.14. The zero-order chi connectivity index (χ0) is 19.0. The maximum atomic E-state index is 11.0. The van der Waals surface area contributed by atoms with Crippen molar-refractivity contribution >= 4 is 39.5 Å². The van der Waals surface area contributed by atoms with Crippen molar-refractivity contribution in [3.05, 3.63) is 79.8 Å². The number of hydrogen-bond acceptors (Lipinski definition) is 7. The minimum atomic E-state index is -0.418. The molecular formula is C18H14ClN5O2S. The van der Waals surface area contributed by atoms with Crippen molar-refractivity contribution in [1.29, 1.82) is 0 Å². The van der Waals surface area contributed by atoms with Gasteiger partial charge in [-0.05, 0) is 43.2 Å². The molecule has 1 atom stereocenters. The van der Waals surface area contributed by atoms with Gasteiger partial charge >= 0.3 is 0 Å². The third-order valence-electron chi connectivity index (χ3n) is 4.36. The molecule has 1 aliphatic heterocycles. The molecule has 0 amide bonds. The van der Waals surface area contributed by atoms with Gasteiger partial charge in [0.1, 0.15) is 5.51 Å². The highest BCUT2D eigenvalue weighted by Gasteiger charge is 2.26. The zero-order valence-corrected chi connectivity index (χ0v) is 15.8. The summed E-state index contributed by atoms with van der Waals surface area (Å²) in [6.07, 6.45) is 0.756. The van der Waals surface area contributed by atoms with Crippen LogP contribution < -0.4 is 5.01 Å². The number of hydrazone groups is 1. The van der Waals surface area contributed by atoms with E-state index in [0.717, 1.165) is 23.1 Å². The summed E-state index contributed by atoms with van der Waals surface area (Å²) >= 11 is 7.65. The van der Waals surface area contributed by atoms with Crippen molar-refractivity contribution in [2.24, 2.45) is 5.10 Å². The lowest BCUT2D eigenvalue weighted by Crippen LogP contribution is -2.29. The maximum Gasteiger partial charge on any atom is 0.269 e. The second-order valence-corrected chi connectivity index (χ2v) is 7.42. The lowest BCUT2D eigenvalue weighted by atomic mass is 9.95. The van der Waals surface area contributed by atoms with Crippen molar-refractivity contribution in [3.63, 3.8) is 0 Å². The summed E-state index contributed by atoms with van der Waals surface area (Å²) in [4.78, 5) is 10.6. The van der Waals surface area contributed by atoms with E-state index in [2.05, 4.69) is 17.1 Å². The molecule has 7 nitrogen and oxygen atoms in total. The Balaban J connectivity index is 1.89. The van der Waals surface area contributed by atoms with Gasteiger partial charge in [0.15, 0.2) is 0 Å². The highest BCUT2D eigenvalue weighted by Crippen LogP contribution is 2.30. The molecule has 0 saturated heterocycles. The number of anilines is 1. The van der Waals surface area contributed by atoms with Crippen molar-refractivity contribution in [2.45, 2.75) is 19.4 Å². The molecule has 0 bridgehead atoms. The molecule has 3 aromatic rings. The molecule has 0 fully saturated rings. The summed E-state index contributed by atoms with van der Waals surface area (Å²) in [7, 11) is 0. The van der Waals surface area contributed by atoms with Crippen LogP contribution in [0.5, 0.6) is 0 Å². The first kappa shape index (κ1) is 17.6. The number of halogens is 1. The number of non-ortho nitro benzene ring substituents is 1. The van der Waals surface area contributed by atoms with E-state index in [0.29, 0.717) is 15.9 Å². The molecule has 0 N–H and O–H groups in total. The van der Waals surface area contributed by atoms with Crippen LogP contribution in [0, 0.1) is 10.1 Å². The molecule has 0 spiro atoms. The van der Waals surface area contributed by atoms with Crippen LogP contribution in [0.3, 0.4) is 0 Å². The molecule has 136 valence electrons. The van der Waals surface area contributed by atoms with Crippen LogP contribution in [-0.4, -0.2) is 26.9 Å². The molecule has 1 unspecified atom stereocenters. The summed E-state index contributed by atoms with van der Waals surface area (Å²) in [5, 5.41) is 27.1. The summed E-state index contributed by atoms with van der Waals surface area (Å²) in [5.74, 6) is 0. The molecule has 27 heavy (non-hydrogen) atoms. The zero-order valence-electron chi connectivity index (χ0n) is 14.2. The smallest absolute Gasteiger partial charge is 0.258 e. The fourth-order valence-electron chi connectivity index (χ4n) is 3.06. The highest BCUT2D eigenvalue weighted by atomic mass is 35.5. The number of benzene rings is 2. The fraction of sp³-hybridized carbons (Fsp3) is 0.167. The fourth-order valence-corrected chi connectivity index (χ4v) is 3.85. The van der Waals surface area contributed by atoms with Gasteiger partial charge in [0.25, 0.3) is 5.69 Å². The number of nitro benzene ring substituents is 1. The Bertz CT molecular complexity index is 1020. The molecule has 4 rings (SSSR count).